The Morgan fingerprint density at radius 1 is 1.37 bits per heavy atom. The molecule has 0 heterocycles. The molecule has 0 spiro atoms. The number of ether oxygens (including phenoxy) is 1. The van der Waals surface area contributed by atoms with Crippen molar-refractivity contribution in [1.29, 1.82) is 0 Å². The molecule has 0 aliphatic heterocycles. The molecule has 1 rings (SSSR count). The minimum atomic E-state index is -3.62. The second-order valence-electron chi connectivity index (χ2n) is 3.97. The summed E-state index contributed by atoms with van der Waals surface area (Å²) >= 11 is 0. The van der Waals surface area contributed by atoms with Crippen molar-refractivity contribution in [2.24, 2.45) is 5.73 Å². The maximum absolute atomic E-state index is 13.8. The van der Waals surface area contributed by atoms with Crippen molar-refractivity contribution >= 4 is 15.7 Å². The average molecular weight is 290 g/mol. The number of benzene rings is 1. The third kappa shape index (κ3) is 4.45. The van der Waals surface area contributed by atoms with Gasteiger partial charge in [-0.1, -0.05) is 12.1 Å². The van der Waals surface area contributed by atoms with Crippen LogP contribution in [-0.2, 0) is 14.8 Å². The summed E-state index contributed by atoms with van der Waals surface area (Å²) < 4.78 is 44.0. The lowest BCUT2D eigenvalue weighted by Crippen LogP contribution is -2.36. The minimum Gasteiger partial charge on any atom is -0.384 e. The Kier molecular flexibility index (Phi) is 6.20. The van der Waals surface area contributed by atoms with E-state index in [1.165, 1.54) is 25.3 Å². The van der Waals surface area contributed by atoms with Gasteiger partial charge in [0.1, 0.15) is 5.82 Å². The topological polar surface area (TPSA) is 72.6 Å². The summed E-state index contributed by atoms with van der Waals surface area (Å²) in [7, 11) is -2.20. The monoisotopic (exact) mass is 290 g/mol. The van der Waals surface area contributed by atoms with Crippen LogP contribution in [-0.4, -0.2) is 41.0 Å². The number of sulfonamides is 1. The van der Waals surface area contributed by atoms with Crippen LogP contribution in [0.1, 0.15) is 6.42 Å². The van der Waals surface area contributed by atoms with E-state index in [-0.39, 0.29) is 24.6 Å². The molecule has 19 heavy (non-hydrogen) atoms. The summed E-state index contributed by atoms with van der Waals surface area (Å²) in [5.74, 6) is -0.761. The fourth-order valence-electron chi connectivity index (χ4n) is 1.60. The smallest absolute Gasteiger partial charge is 0.237 e. The highest BCUT2D eigenvalue weighted by atomic mass is 32.2. The summed E-state index contributed by atoms with van der Waals surface area (Å²) in [5.41, 5.74) is 5.44. The molecule has 0 aliphatic carbocycles. The number of nitrogens with two attached hydrogens (primary N) is 1. The standard InChI is InChI=1S/C12H19FN2O3S/c1-18-9-10-19(16,17)15(8-4-7-14)12-6-3-2-5-11(12)13/h2-3,5-6H,4,7-10,14H2,1H3. The van der Waals surface area contributed by atoms with E-state index in [9.17, 15) is 12.8 Å². The van der Waals surface area contributed by atoms with Crippen LogP contribution < -0.4 is 10.0 Å². The molecule has 0 atom stereocenters. The lowest BCUT2D eigenvalue weighted by Gasteiger charge is -2.24. The van der Waals surface area contributed by atoms with Gasteiger partial charge in [-0.3, -0.25) is 4.31 Å². The van der Waals surface area contributed by atoms with Crippen LogP contribution in [0.5, 0.6) is 0 Å². The number of anilines is 1. The highest BCUT2D eigenvalue weighted by Crippen LogP contribution is 2.22. The Bertz CT molecular complexity index is 494. The Hall–Kier alpha value is -1.18. The van der Waals surface area contributed by atoms with E-state index in [2.05, 4.69) is 0 Å². The van der Waals surface area contributed by atoms with Gasteiger partial charge in [-0.05, 0) is 25.1 Å². The van der Waals surface area contributed by atoms with Crippen molar-refractivity contribution in [2.75, 3.05) is 36.9 Å². The Morgan fingerprint density at radius 2 is 2.05 bits per heavy atom. The number of nitrogens with zero attached hydrogens (tertiary/aromatic N) is 1. The highest BCUT2D eigenvalue weighted by Gasteiger charge is 2.24. The van der Waals surface area contributed by atoms with Gasteiger partial charge in [-0.25, -0.2) is 12.8 Å². The summed E-state index contributed by atoms with van der Waals surface area (Å²) in [5, 5.41) is 0. The first-order chi connectivity index (χ1) is 9.03. The van der Waals surface area contributed by atoms with Crippen molar-refractivity contribution < 1.29 is 17.5 Å². The Labute approximate surface area is 113 Å². The molecule has 7 heteroatoms. The number of hydrogen-bond donors (Lipinski definition) is 1. The first kappa shape index (κ1) is 15.9. The lowest BCUT2D eigenvalue weighted by atomic mass is 10.3. The van der Waals surface area contributed by atoms with Crippen molar-refractivity contribution in [2.45, 2.75) is 6.42 Å². The number of para-hydroxylation sites is 1. The number of methoxy groups -OCH3 is 1. The van der Waals surface area contributed by atoms with Gasteiger partial charge in [0.25, 0.3) is 0 Å². The van der Waals surface area contributed by atoms with Crippen LogP contribution in [0.3, 0.4) is 0 Å². The van der Waals surface area contributed by atoms with E-state index in [0.717, 1.165) is 4.31 Å². The Morgan fingerprint density at radius 3 is 2.63 bits per heavy atom. The third-order valence-electron chi connectivity index (χ3n) is 2.57. The molecule has 5 nitrogen and oxygen atoms in total. The van der Waals surface area contributed by atoms with Crippen LogP contribution in [0.15, 0.2) is 24.3 Å². The molecule has 0 radical (unpaired) electrons. The van der Waals surface area contributed by atoms with E-state index in [1.807, 2.05) is 0 Å². The number of hydrogen-bond acceptors (Lipinski definition) is 4. The van der Waals surface area contributed by atoms with Crippen molar-refractivity contribution in [3.63, 3.8) is 0 Å². The van der Waals surface area contributed by atoms with E-state index in [0.29, 0.717) is 13.0 Å². The van der Waals surface area contributed by atoms with Gasteiger partial charge in [0.2, 0.25) is 10.0 Å². The van der Waals surface area contributed by atoms with Gasteiger partial charge in [0, 0.05) is 13.7 Å². The second-order valence-corrected chi connectivity index (χ2v) is 5.99. The predicted octanol–water partition coefficient (Wildman–Crippen LogP) is 0.957. The van der Waals surface area contributed by atoms with Crippen molar-refractivity contribution in [3.05, 3.63) is 30.1 Å². The minimum absolute atomic E-state index is 0.0482. The van der Waals surface area contributed by atoms with Crippen LogP contribution in [0.25, 0.3) is 0 Å². The highest BCUT2D eigenvalue weighted by molar-refractivity contribution is 7.92. The normalized spacial score (nSPS) is 11.5. The molecule has 0 fully saturated rings. The molecule has 1 aromatic carbocycles. The zero-order valence-corrected chi connectivity index (χ0v) is 11.7. The lowest BCUT2D eigenvalue weighted by molar-refractivity contribution is 0.217. The fraction of sp³-hybridized carbons (Fsp3) is 0.500. The van der Waals surface area contributed by atoms with Crippen LogP contribution in [0.2, 0.25) is 0 Å². The molecule has 108 valence electrons. The van der Waals surface area contributed by atoms with Gasteiger partial charge in [-0.2, -0.15) is 0 Å². The van der Waals surface area contributed by atoms with E-state index >= 15 is 0 Å². The molecule has 0 saturated heterocycles. The molecule has 0 aromatic heterocycles. The maximum Gasteiger partial charge on any atom is 0.237 e. The van der Waals surface area contributed by atoms with Crippen LogP contribution in [0, 0.1) is 5.82 Å². The summed E-state index contributed by atoms with van der Waals surface area (Å²) in [4.78, 5) is 0. The fourth-order valence-corrected chi connectivity index (χ4v) is 3.05. The molecule has 0 bridgehead atoms. The van der Waals surface area contributed by atoms with Gasteiger partial charge in [0.05, 0.1) is 18.0 Å². The summed E-state index contributed by atoms with van der Waals surface area (Å²) in [6.45, 7) is 0.560. The quantitative estimate of drug-likeness (QED) is 0.774. The molecule has 0 amide bonds. The van der Waals surface area contributed by atoms with E-state index in [4.69, 9.17) is 10.5 Å². The van der Waals surface area contributed by atoms with Crippen molar-refractivity contribution in [1.82, 2.24) is 0 Å². The summed E-state index contributed by atoms with van der Waals surface area (Å²) in [6, 6.07) is 5.79. The molecule has 2 N–H and O–H groups in total. The number of rotatable bonds is 8. The van der Waals surface area contributed by atoms with Gasteiger partial charge in [-0.15, -0.1) is 0 Å². The first-order valence-corrected chi connectivity index (χ1v) is 7.58. The van der Waals surface area contributed by atoms with Gasteiger partial charge in [0.15, 0.2) is 0 Å². The zero-order chi connectivity index (χ0) is 14.3. The second kappa shape index (κ2) is 7.42. The molecule has 0 unspecified atom stereocenters. The Balaban J connectivity index is 3.04. The number of halogens is 1. The maximum atomic E-state index is 13.8. The van der Waals surface area contributed by atoms with Gasteiger partial charge >= 0.3 is 0 Å². The van der Waals surface area contributed by atoms with Crippen molar-refractivity contribution in [3.8, 4) is 0 Å². The van der Waals surface area contributed by atoms with Crippen LogP contribution >= 0.6 is 0 Å². The van der Waals surface area contributed by atoms with E-state index in [1.54, 1.807) is 6.07 Å². The predicted molar refractivity (Wildman–Crippen MR) is 73.1 cm³/mol. The third-order valence-corrected chi connectivity index (χ3v) is 4.30. The zero-order valence-electron chi connectivity index (χ0n) is 10.9. The van der Waals surface area contributed by atoms with Crippen LogP contribution in [0.4, 0.5) is 10.1 Å². The molecule has 1 aromatic rings. The first-order valence-electron chi connectivity index (χ1n) is 5.97. The molecule has 0 aliphatic rings. The average Bonchev–Trinajstić information content (AvgIpc) is 2.38. The van der Waals surface area contributed by atoms with Gasteiger partial charge < -0.3 is 10.5 Å². The molecule has 0 saturated carbocycles. The largest absolute Gasteiger partial charge is 0.384 e. The SMILES string of the molecule is COCCS(=O)(=O)N(CCCN)c1ccccc1F. The molecular formula is C12H19FN2O3S. The van der Waals surface area contributed by atoms with E-state index < -0.39 is 15.8 Å². The summed E-state index contributed by atoms with van der Waals surface area (Å²) in [6.07, 6.45) is 0.459. The molecular weight excluding hydrogens is 271 g/mol.